The molecule has 0 saturated carbocycles. The SMILES string of the molecule is CC(=O)N1CCc2cc(S(=O)(=O)CCC(=O)N3CCN(Cc4ccccc4)CC3)ccc21. The van der Waals surface area contributed by atoms with Crippen molar-refractivity contribution in [2.24, 2.45) is 0 Å². The number of piperazine rings is 1. The first kappa shape index (κ1) is 22.5. The monoisotopic (exact) mass is 455 g/mol. The third kappa shape index (κ3) is 5.02. The van der Waals surface area contributed by atoms with E-state index in [1.807, 2.05) is 18.2 Å². The standard InChI is InChI=1S/C24H29N3O4S/c1-19(28)27-11-9-21-17-22(7-8-23(21)27)32(30,31)16-10-24(29)26-14-12-25(13-15-26)18-20-5-3-2-4-6-20/h2-8,17H,9-16,18H2,1H3. The summed E-state index contributed by atoms with van der Waals surface area (Å²) in [5, 5.41) is 0. The second-order valence-electron chi connectivity index (χ2n) is 8.42. The zero-order valence-corrected chi connectivity index (χ0v) is 19.2. The van der Waals surface area contributed by atoms with Gasteiger partial charge < -0.3 is 9.80 Å². The van der Waals surface area contributed by atoms with E-state index in [1.165, 1.54) is 12.5 Å². The summed E-state index contributed by atoms with van der Waals surface area (Å²) in [6.07, 6.45) is 0.627. The highest BCUT2D eigenvalue weighted by Gasteiger charge is 2.26. The van der Waals surface area contributed by atoms with Gasteiger partial charge in [-0.3, -0.25) is 14.5 Å². The number of fused-ring (bicyclic) bond motifs is 1. The molecule has 2 aliphatic heterocycles. The number of hydrogen-bond acceptors (Lipinski definition) is 5. The maximum Gasteiger partial charge on any atom is 0.223 e. The fraction of sp³-hybridized carbons (Fsp3) is 0.417. The van der Waals surface area contributed by atoms with Crippen LogP contribution in [-0.2, 0) is 32.4 Å². The van der Waals surface area contributed by atoms with Crippen molar-refractivity contribution >= 4 is 27.3 Å². The maximum atomic E-state index is 12.8. The van der Waals surface area contributed by atoms with Crippen LogP contribution in [0.5, 0.6) is 0 Å². The van der Waals surface area contributed by atoms with Crippen LogP contribution in [0.25, 0.3) is 0 Å². The molecule has 0 aromatic heterocycles. The highest BCUT2D eigenvalue weighted by atomic mass is 32.2. The van der Waals surface area contributed by atoms with Crippen molar-refractivity contribution in [2.75, 3.05) is 43.4 Å². The van der Waals surface area contributed by atoms with E-state index in [1.54, 1.807) is 28.0 Å². The number of anilines is 1. The fourth-order valence-electron chi connectivity index (χ4n) is 4.39. The largest absolute Gasteiger partial charge is 0.340 e. The first-order chi connectivity index (χ1) is 15.3. The van der Waals surface area contributed by atoms with E-state index in [2.05, 4.69) is 17.0 Å². The minimum atomic E-state index is -3.57. The Balaban J connectivity index is 1.30. The molecule has 0 aliphatic carbocycles. The Labute approximate surface area is 189 Å². The molecule has 0 bridgehead atoms. The van der Waals surface area contributed by atoms with Gasteiger partial charge in [-0.1, -0.05) is 30.3 Å². The van der Waals surface area contributed by atoms with E-state index in [0.717, 1.165) is 30.9 Å². The third-order valence-electron chi connectivity index (χ3n) is 6.24. The van der Waals surface area contributed by atoms with Gasteiger partial charge in [-0.2, -0.15) is 0 Å². The molecule has 0 unspecified atom stereocenters. The Hall–Kier alpha value is -2.71. The average Bonchev–Trinajstić information content (AvgIpc) is 3.22. The number of sulfone groups is 1. The van der Waals surface area contributed by atoms with E-state index in [4.69, 9.17) is 0 Å². The second kappa shape index (κ2) is 9.42. The van der Waals surface area contributed by atoms with Crippen LogP contribution in [0.3, 0.4) is 0 Å². The van der Waals surface area contributed by atoms with E-state index in [0.29, 0.717) is 26.1 Å². The Morgan fingerprint density at radius 3 is 2.34 bits per heavy atom. The predicted octanol–water partition coefficient (Wildman–Crippen LogP) is 2.10. The van der Waals surface area contributed by atoms with Crippen molar-refractivity contribution in [2.45, 2.75) is 31.2 Å². The average molecular weight is 456 g/mol. The van der Waals surface area contributed by atoms with E-state index >= 15 is 0 Å². The second-order valence-corrected chi connectivity index (χ2v) is 10.5. The van der Waals surface area contributed by atoms with E-state index in [9.17, 15) is 18.0 Å². The zero-order chi connectivity index (χ0) is 22.7. The minimum absolute atomic E-state index is 0.0162. The third-order valence-corrected chi connectivity index (χ3v) is 7.96. The van der Waals surface area contributed by atoms with E-state index < -0.39 is 9.84 Å². The van der Waals surface area contributed by atoms with Crippen LogP contribution in [0.2, 0.25) is 0 Å². The molecule has 4 rings (SSSR count). The molecule has 7 nitrogen and oxygen atoms in total. The first-order valence-electron chi connectivity index (χ1n) is 11.0. The van der Waals surface area contributed by atoms with Crippen LogP contribution in [-0.4, -0.2) is 68.5 Å². The molecule has 0 atom stereocenters. The summed E-state index contributed by atoms with van der Waals surface area (Å²) in [5.74, 6) is -0.365. The number of nitrogens with zero attached hydrogens (tertiary/aromatic N) is 3. The van der Waals surface area contributed by atoms with Gasteiger partial charge in [0.15, 0.2) is 9.84 Å². The molecule has 1 saturated heterocycles. The summed E-state index contributed by atoms with van der Waals surface area (Å²) in [7, 11) is -3.57. The Kier molecular flexibility index (Phi) is 6.62. The molecule has 0 radical (unpaired) electrons. The van der Waals surface area contributed by atoms with Crippen molar-refractivity contribution in [1.82, 2.24) is 9.80 Å². The fourth-order valence-corrected chi connectivity index (χ4v) is 5.67. The van der Waals surface area contributed by atoms with E-state index in [-0.39, 0.29) is 28.9 Å². The summed E-state index contributed by atoms with van der Waals surface area (Å²) in [5.41, 5.74) is 2.89. The lowest BCUT2D eigenvalue weighted by Crippen LogP contribution is -2.48. The maximum absolute atomic E-state index is 12.8. The van der Waals surface area contributed by atoms with Crippen molar-refractivity contribution < 1.29 is 18.0 Å². The zero-order valence-electron chi connectivity index (χ0n) is 18.4. The van der Waals surface area contributed by atoms with Gasteiger partial charge in [-0.25, -0.2) is 8.42 Å². The summed E-state index contributed by atoms with van der Waals surface area (Å²) in [4.78, 5) is 30.3. The van der Waals surface area contributed by atoms with Gasteiger partial charge in [0.05, 0.1) is 10.6 Å². The lowest BCUT2D eigenvalue weighted by atomic mass is 10.2. The van der Waals surface area contributed by atoms with Crippen molar-refractivity contribution in [3.63, 3.8) is 0 Å². The molecule has 2 aromatic rings. The molecular weight excluding hydrogens is 426 g/mol. The molecule has 2 aliphatic rings. The number of carbonyl (C=O) groups excluding carboxylic acids is 2. The van der Waals surface area contributed by atoms with Gasteiger partial charge in [0.25, 0.3) is 0 Å². The van der Waals surface area contributed by atoms with Gasteiger partial charge >= 0.3 is 0 Å². The summed E-state index contributed by atoms with van der Waals surface area (Å²) in [6.45, 7) is 5.74. The Morgan fingerprint density at radius 2 is 1.66 bits per heavy atom. The molecule has 2 heterocycles. The number of benzene rings is 2. The van der Waals surface area contributed by atoms with Crippen LogP contribution in [0.4, 0.5) is 5.69 Å². The molecule has 0 N–H and O–H groups in total. The normalized spacial score (nSPS) is 16.8. The first-order valence-corrected chi connectivity index (χ1v) is 12.7. The lowest BCUT2D eigenvalue weighted by Gasteiger charge is -2.34. The topological polar surface area (TPSA) is 78.0 Å². The van der Waals surface area contributed by atoms with Crippen LogP contribution in [0.15, 0.2) is 53.4 Å². The van der Waals surface area contributed by atoms with Crippen molar-refractivity contribution in [3.8, 4) is 0 Å². The quantitative estimate of drug-likeness (QED) is 0.667. The number of hydrogen-bond donors (Lipinski definition) is 0. The summed E-state index contributed by atoms with van der Waals surface area (Å²) in [6, 6.07) is 15.1. The van der Waals surface area contributed by atoms with Crippen LogP contribution in [0, 0.1) is 0 Å². The van der Waals surface area contributed by atoms with Gasteiger partial charge in [-0.15, -0.1) is 0 Å². The van der Waals surface area contributed by atoms with Gasteiger partial charge in [0.2, 0.25) is 11.8 Å². The van der Waals surface area contributed by atoms with Crippen molar-refractivity contribution in [1.29, 1.82) is 0 Å². The predicted molar refractivity (Wildman–Crippen MR) is 123 cm³/mol. The molecule has 2 amide bonds. The number of rotatable bonds is 6. The summed E-state index contributed by atoms with van der Waals surface area (Å²) >= 11 is 0. The minimum Gasteiger partial charge on any atom is -0.340 e. The van der Waals surface area contributed by atoms with Gasteiger partial charge in [-0.05, 0) is 35.7 Å². The summed E-state index contributed by atoms with van der Waals surface area (Å²) < 4.78 is 25.7. The molecular formula is C24H29N3O4S. The Bertz CT molecular complexity index is 1090. The molecule has 170 valence electrons. The number of amides is 2. The van der Waals surface area contributed by atoms with Crippen LogP contribution in [0.1, 0.15) is 24.5 Å². The van der Waals surface area contributed by atoms with Gasteiger partial charge in [0.1, 0.15) is 0 Å². The Morgan fingerprint density at radius 1 is 0.938 bits per heavy atom. The number of carbonyl (C=O) groups is 2. The molecule has 8 heteroatoms. The lowest BCUT2D eigenvalue weighted by molar-refractivity contribution is -0.132. The van der Waals surface area contributed by atoms with Crippen molar-refractivity contribution in [3.05, 3.63) is 59.7 Å². The van der Waals surface area contributed by atoms with Crippen LogP contribution < -0.4 is 4.90 Å². The molecule has 1 fully saturated rings. The molecule has 0 spiro atoms. The molecule has 2 aromatic carbocycles. The van der Waals surface area contributed by atoms with Gasteiger partial charge in [0, 0.05) is 58.3 Å². The van der Waals surface area contributed by atoms with Crippen LogP contribution >= 0.6 is 0 Å². The molecule has 32 heavy (non-hydrogen) atoms. The highest BCUT2D eigenvalue weighted by molar-refractivity contribution is 7.91. The highest BCUT2D eigenvalue weighted by Crippen LogP contribution is 2.30. The smallest absolute Gasteiger partial charge is 0.223 e.